The molecule has 96 valence electrons. The quantitative estimate of drug-likeness (QED) is 0.862. The first kappa shape index (κ1) is 12.4. The summed E-state index contributed by atoms with van der Waals surface area (Å²) in [6, 6.07) is 5.12. The van der Waals surface area contributed by atoms with Crippen LogP contribution in [-0.4, -0.2) is 6.54 Å². The monoisotopic (exact) mass is 277 g/mol. The van der Waals surface area contributed by atoms with Crippen LogP contribution < -0.4 is 5.32 Å². The van der Waals surface area contributed by atoms with Crippen molar-refractivity contribution < 1.29 is 0 Å². The number of hydrogen-bond donors (Lipinski definition) is 1. The first-order valence-electron chi connectivity index (χ1n) is 6.72. The standard InChI is InChI=1S/C15H19NS2/c1-2-16-15(11-6-8-17-10-11)13-4-3-5-14-12(13)7-9-18-14/h6-10,13,15-16H,2-5H2,1H3. The van der Waals surface area contributed by atoms with Crippen LogP contribution in [0.25, 0.3) is 0 Å². The molecule has 2 unspecified atom stereocenters. The Morgan fingerprint density at radius 3 is 3.11 bits per heavy atom. The van der Waals surface area contributed by atoms with Crippen molar-refractivity contribution in [3.8, 4) is 0 Å². The molecule has 1 nitrogen and oxygen atoms in total. The second kappa shape index (κ2) is 5.55. The van der Waals surface area contributed by atoms with Gasteiger partial charge in [0.15, 0.2) is 0 Å². The van der Waals surface area contributed by atoms with Crippen LogP contribution in [0.2, 0.25) is 0 Å². The molecule has 2 aromatic rings. The molecular weight excluding hydrogens is 258 g/mol. The van der Waals surface area contributed by atoms with E-state index in [4.69, 9.17) is 0 Å². The lowest BCUT2D eigenvalue weighted by Gasteiger charge is -2.31. The lowest BCUT2D eigenvalue weighted by atomic mass is 9.80. The fourth-order valence-corrected chi connectivity index (χ4v) is 4.73. The Labute approximate surface area is 117 Å². The van der Waals surface area contributed by atoms with E-state index in [0.717, 1.165) is 6.54 Å². The largest absolute Gasteiger partial charge is 0.310 e. The molecular formula is C15H19NS2. The predicted octanol–water partition coefficient (Wildman–Crippen LogP) is 4.58. The van der Waals surface area contributed by atoms with E-state index in [-0.39, 0.29) is 0 Å². The van der Waals surface area contributed by atoms with Crippen molar-refractivity contribution in [2.45, 2.75) is 38.1 Å². The zero-order valence-electron chi connectivity index (χ0n) is 10.7. The Bertz CT molecular complexity index is 486. The van der Waals surface area contributed by atoms with E-state index < -0.39 is 0 Å². The van der Waals surface area contributed by atoms with Gasteiger partial charge >= 0.3 is 0 Å². The highest BCUT2D eigenvalue weighted by Gasteiger charge is 2.29. The maximum atomic E-state index is 3.70. The zero-order valence-corrected chi connectivity index (χ0v) is 12.3. The van der Waals surface area contributed by atoms with Gasteiger partial charge in [0.25, 0.3) is 0 Å². The first-order chi connectivity index (χ1) is 8.90. The molecule has 1 aliphatic rings. The summed E-state index contributed by atoms with van der Waals surface area (Å²) in [6.45, 7) is 3.24. The molecule has 18 heavy (non-hydrogen) atoms. The number of hydrogen-bond acceptors (Lipinski definition) is 3. The van der Waals surface area contributed by atoms with Gasteiger partial charge in [-0.3, -0.25) is 0 Å². The molecule has 1 aliphatic carbocycles. The van der Waals surface area contributed by atoms with Gasteiger partial charge in [0.2, 0.25) is 0 Å². The van der Waals surface area contributed by atoms with Crippen molar-refractivity contribution >= 4 is 22.7 Å². The van der Waals surface area contributed by atoms with Gasteiger partial charge in [-0.25, -0.2) is 0 Å². The number of rotatable bonds is 4. The van der Waals surface area contributed by atoms with E-state index in [2.05, 4.69) is 40.5 Å². The van der Waals surface area contributed by atoms with Crippen LogP contribution in [0, 0.1) is 0 Å². The summed E-state index contributed by atoms with van der Waals surface area (Å²) in [4.78, 5) is 1.62. The second-order valence-corrected chi connectivity index (χ2v) is 6.67. The molecule has 1 N–H and O–H groups in total. The number of likely N-dealkylation sites (N-methyl/N-ethyl adjacent to an activating group) is 1. The van der Waals surface area contributed by atoms with Gasteiger partial charge in [0.1, 0.15) is 0 Å². The second-order valence-electron chi connectivity index (χ2n) is 4.89. The predicted molar refractivity (Wildman–Crippen MR) is 80.7 cm³/mol. The fraction of sp³-hybridized carbons (Fsp3) is 0.467. The van der Waals surface area contributed by atoms with Crippen LogP contribution in [0.3, 0.4) is 0 Å². The summed E-state index contributed by atoms with van der Waals surface area (Å²) < 4.78 is 0. The number of aryl methyl sites for hydroxylation is 1. The fourth-order valence-electron chi connectivity index (χ4n) is 3.03. The van der Waals surface area contributed by atoms with Gasteiger partial charge in [-0.1, -0.05) is 6.92 Å². The van der Waals surface area contributed by atoms with Gasteiger partial charge in [-0.2, -0.15) is 11.3 Å². The highest BCUT2D eigenvalue weighted by Crippen LogP contribution is 2.42. The Balaban J connectivity index is 1.93. The molecule has 0 saturated carbocycles. The minimum absolute atomic E-state index is 0.495. The summed E-state index contributed by atoms with van der Waals surface area (Å²) in [5, 5.41) is 10.5. The maximum absolute atomic E-state index is 3.70. The molecule has 0 radical (unpaired) electrons. The van der Waals surface area contributed by atoms with E-state index in [1.807, 2.05) is 11.3 Å². The smallest absolute Gasteiger partial charge is 0.0398 e. The van der Waals surface area contributed by atoms with Crippen LogP contribution in [0.5, 0.6) is 0 Å². The van der Waals surface area contributed by atoms with Gasteiger partial charge < -0.3 is 5.32 Å². The van der Waals surface area contributed by atoms with Crippen molar-refractivity contribution in [3.05, 3.63) is 44.3 Å². The molecule has 0 aromatic carbocycles. The molecule has 0 saturated heterocycles. The van der Waals surface area contributed by atoms with Crippen molar-refractivity contribution in [1.29, 1.82) is 0 Å². The van der Waals surface area contributed by atoms with Crippen LogP contribution in [0.1, 0.15) is 47.7 Å². The Morgan fingerprint density at radius 2 is 2.33 bits per heavy atom. The summed E-state index contributed by atoms with van der Waals surface area (Å²) in [5.41, 5.74) is 3.06. The van der Waals surface area contributed by atoms with Crippen molar-refractivity contribution in [1.82, 2.24) is 5.32 Å². The first-order valence-corrected chi connectivity index (χ1v) is 8.54. The third kappa shape index (κ3) is 2.27. The summed E-state index contributed by atoms with van der Waals surface area (Å²) >= 11 is 3.74. The maximum Gasteiger partial charge on any atom is 0.0398 e. The van der Waals surface area contributed by atoms with Crippen molar-refractivity contribution in [3.63, 3.8) is 0 Å². The molecule has 2 heterocycles. The third-order valence-electron chi connectivity index (χ3n) is 3.83. The Morgan fingerprint density at radius 1 is 1.39 bits per heavy atom. The van der Waals surface area contributed by atoms with Crippen LogP contribution >= 0.6 is 22.7 Å². The highest BCUT2D eigenvalue weighted by atomic mass is 32.1. The molecule has 0 fully saturated rings. The number of nitrogens with one attached hydrogen (secondary N) is 1. The average molecular weight is 277 g/mol. The minimum atomic E-state index is 0.495. The normalized spacial score (nSPS) is 20.6. The Kier molecular flexibility index (Phi) is 3.83. The number of fused-ring (bicyclic) bond motifs is 1. The molecule has 0 spiro atoms. The van der Waals surface area contributed by atoms with Crippen LogP contribution in [0.4, 0.5) is 0 Å². The summed E-state index contributed by atoms with van der Waals surface area (Å²) in [5.74, 6) is 0.662. The average Bonchev–Trinajstić information content (AvgIpc) is 3.06. The van der Waals surface area contributed by atoms with E-state index in [1.54, 1.807) is 21.8 Å². The summed E-state index contributed by atoms with van der Waals surface area (Å²) in [7, 11) is 0. The highest BCUT2D eigenvalue weighted by molar-refractivity contribution is 7.10. The molecule has 0 bridgehead atoms. The van der Waals surface area contributed by atoms with Crippen LogP contribution in [0.15, 0.2) is 28.3 Å². The van der Waals surface area contributed by atoms with E-state index in [1.165, 1.54) is 24.8 Å². The van der Waals surface area contributed by atoms with Crippen molar-refractivity contribution in [2.24, 2.45) is 0 Å². The van der Waals surface area contributed by atoms with E-state index in [9.17, 15) is 0 Å². The molecule has 0 amide bonds. The van der Waals surface area contributed by atoms with E-state index >= 15 is 0 Å². The van der Waals surface area contributed by atoms with Gasteiger partial charge in [-0.05, 0) is 65.2 Å². The van der Waals surface area contributed by atoms with E-state index in [0.29, 0.717) is 12.0 Å². The van der Waals surface area contributed by atoms with Crippen molar-refractivity contribution in [2.75, 3.05) is 6.54 Å². The lowest BCUT2D eigenvalue weighted by molar-refractivity contribution is 0.412. The topological polar surface area (TPSA) is 12.0 Å². The SMILES string of the molecule is CCNC(c1ccsc1)C1CCCc2sccc21. The molecule has 3 rings (SSSR count). The molecule has 0 aliphatic heterocycles. The van der Waals surface area contributed by atoms with Crippen LogP contribution in [-0.2, 0) is 6.42 Å². The number of thiophene rings is 2. The molecule has 3 heteroatoms. The third-order valence-corrected chi connectivity index (χ3v) is 5.52. The Hall–Kier alpha value is -0.640. The molecule has 2 aromatic heterocycles. The minimum Gasteiger partial charge on any atom is -0.310 e. The lowest BCUT2D eigenvalue weighted by Crippen LogP contribution is -2.28. The van der Waals surface area contributed by atoms with Gasteiger partial charge in [0.05, 0.1) is 0 Å². The van der Waals surface area contributed by atoms with Gasteiger partial charge in [0, 0.05) is 16.8 Å². The molecule has 2 atom stereocenters. The zero-order chi connectivity index (χ0) is 12.4. The summed E-state index contributed by atoms with van der Waals surface area (Å²) in [6.07, 6.45) is 3.94. The van der Waals surface area contributed by atoms with Gasteiger partial charge in [-0.15, -0.1) is 11.3 Å².